The van der Waals surface area contributed by atoms with E-state index in [9.17, 15) is 8.42 Å². The Kier molecular flexibility index (Phi) is 5.02. The smallest absolute Gasteiger partial charge is 0.211 e. The minimum atomic E-state index is -3.10. The van der Waals surface area contributed by atoms with E-state index in [1.165, 1.54) is 0 Å². The standard InChI is InChI=1S/C11H19NO3S/c1-3-9-16(13,14)12-10(2)6-7-11-5-4-8-15-11/h4-5,8,10,12H,3,6-7,9H2,1-2H3. The Morgan fingerprint density at radius 3 is 2.81 bits per heavy atom. The minimum Gasteiger partial charge on any atom is -0.469 e. The second-order valence-electron chi connectivity index (χ2n) is 3.96. The van der Waals surface area contributed by atoms with Crippen molar-refractivity contribution in [1.29, 1.82) is 0 Å². The fourth-order valence-electron chi connectivity index (χ4n) is 1.51. The molecule has 92 valence electrons. The second-order valence-corrected chi connectivity index (χ2v) is 5.83. The van der Waals surface area contributed by atoms with Gasteiger partial charge in [-0.3, -0.25) is 0 Å². The van der Waals surface area contributed by atoms with Gasteiger partial charge in [0.2, 0.25) is 10.0 Å². The quantitative estimate of drug-likeness (QED) is 0.798. The predicted octanol–water partition coefficient (Wildman–Crippen LogP) is 1.93. The van der Waals surface area contributed by atoms with Crippen LogP contribution in [0, 0.1) is 0 Å². The zero-order valence-corrected chi connectivity index (χ0v) is 10.6. The van der Waals surface area contributed by atoms with Crippen LogP contribution in [0.3, 0.4) is 0 Å². The van der Waals surface area contributed by atoms with Crippen LogP contribution < -0.4 is 4.72 Å². The fourth-order valence-corrected chi connectivity index (χ4v) is 2.89. The highest BCUT2D eigenvalue weighted by Gasteiger charge is 2.13. The monoisotopic (exact) mass is 245 g/mol. The molecule has 1 unspecified atom stereocenters. The number of hydrogen-bond acceptors (Lipinski definition) is 3. The van der Waals surface area contributed by atoms with Crippen LogP contribution in [0.2, 0.25) is 0 Å². The van der Waals surface area contributed by atoms with Crippen molar-refractivity contribution >= 4 is 10.0 Å². The van der Waals surface area contributed by atoms with Gasteiger partial charge in [-0.25, -0.2) is 13.1 Å². The van der Waals surface area contributed by atoms with Crippen LogP contribution in [0.15, 0.2) is 22.8 Å². The lowest BCUT2D eigenvalue weighted by Gasteiger charge is -2.12. The highest BCUT2D eigenvalue weighted by molar-refractivity contribution is 7.89. The maximum atomic E-state index is 11.5. The molecule has 0 amide bonds. The molecule has 1 N–H and O–H groups in total. The van der Waals surface area contributed by atoms with Gasteiger partial charge < -0.3 is 4.42 Å². The van der Waals surface area contributed by atoms with Crippen LogP contribution in [-0.2, 0) is 16.4 Å². The second kappa shape index (κ2) is 6.06. The molecular formula is C11H19NO3S. The van der Waals surface area contributed by atoms with Crippen LogP contribution in [0.25, 0.3) is 0 Å². The minimum absolute atomic E-state index is 0.0540. The third-order valence-corrected chi connectivity index (χ3v) is 3.96. The van der Waals surface area contributed by atoms with Crippen LogP contribution in [0.5, 0.6) is 0 Å². The van der Waals surface area contributed by atoms with Crippen molar-refractivity contribution in [3.05, 3.63) is 24.2 Å². The Labute approximate surface area is 97.1 Å². The first kappa shape index (κ1) is 13.3. The lowest BCUT2D eigenvalue weighted by atomic mass is 10.2. The molecule has 0 aliphatic rings. The maximum absolute atomic E-state index is 11.5. The summed E-state index contributed by atoms with van der Waals surface area (Å²) in [6.45, 7) is 3.73. The van der Waals surface area contributed by atoms with Gasteiger partial charge in [0.25, 0.3) is 0 Å². The molecule has 0 saturated heterocycles. The van der Waals surface area contributed by atoms with Gasteiger partial charge in [0, 0.05) is 12.5 Å². The molecule has 0 aromatic carbocycles. The molecule has 1 atom stereocenters. The van der Waals surface area contributed by atoms with Crippen LogP contribution in [0.1, 0.15) is 32.4 Å². The van der Waals surface area contributed by atoms with Gasteiger partial charge in [-0.1, -0.05) is 6.92 Å². The van der Waals surface area contributed by atoms with Crippen molar-refractivity contribution in [1.82, 2.24) is 4.72 Å². The molecule has 1 aromatic heterocycles. The summed E-state index contributed by atoms with van der Waals surface area (Å²) in [5, 5.41) is 0. The van der Waals surface area contributed by atoms with Gasteiger partial charge in [-0.15, -0.1) is 0 Å². The Morgan fingerprint density at radius 1 is 1.50 bits per heavy atom. The summed E-state index contributed by atoms with van der Waals surface area (Å²) >= 11 is 0. The van der Waals surface area contributed by atoms with Crippen LogP contribution in [-0.4, -0.2) is 20.2 Å². The zero-order valence-electron chi connectivity index (χ0n) is 9.77. The number of sulfonamides is 1. The summed E-state index contributed by atoms with van der Waals surface area (Å²) in [7, 11) is -3.10. The topological polar surface area (TPSA) is 59.3 Å². The van der Waals surface area contributed by atoms with E-state index in [1.54, 1.807) is 6.26 Å². The average Bonchev–Trinajstić information content (AvgIpc) is 2.66. The number of furan rings is 1. The lowest BCUT2D eigenvalue weighted by molar-refractivity contribution is 0.480. The first-order valence-electron chi connectivity index (χ1n) is 5.56. The summed E-state index contributed by atoms with van der Waals surface area (Å²) < 4.78 is 30.8. The Balaban J connectivity index is 2.33. The summed E-state index contributed by atoms with van der Waals surface area (Å²) in [5.41, 5.74) is 0. The van der Waals surface area contributed by atoms with Crippen molar-refractivity contribution in [2.24, 2.45) is 0 Å². The molecule has 0 saturated carbocycles. The first-order valence-corrected chi connectivity index (χ1v) is 7.21. The molecule has 0 aliphatic carbocycles. The Bertz CT molecular complexity index is 383. The molecule has 1 aromatic rings. The first-order chi connectivity index (χ1) is 7.53. The lowest BCUT2D eigenvalue weighted by Crippen LogP contribution is -2.34. The van der Waals surface area contributed by atoms with E-state index in [1.807, 2.05) is 26.0 Å². The molecule has 1 rings (SSSR count). The molecule has 5 heteroatoms. The molecule has 0 spiro atoms. The van der Waals surface area contributed by atoms with Crippen molar-refractivity contribution in [3.8, 4) is 0 Å². The van der Waals surface area contributed by atoms with E-state index < -0.39 is 10.0 Å². The molecule has 0 fully saturated rings. The van der Waals surface area contributed by atoms with Crippen LogP contribution in [0.4, 0.5) is 0 Å². The SMILES string of the molecule is CCCS(=O)(=O)NC(C)CCc1ccco1. The van der Waals surface area contributed by atoms with Gasteiger partial charge in [0.1, 0.15) is 5.76 Å². The third-order valence-electron chi connectivity index (χ3n) is 2.26. The van der Waals surface area contributed by atoms with Crippen molar-refractivity contribution in [3.63, 3.8) is 0 Å². The Morgan fingerprint density at radius 2 is 2.25 bits per heavy atom. The summed E-state index contributed by atoms with van der Waals surface area (Å²) in [5.74, 6) is 1.08. The average molecular weight is 245 g/mol. The van der Waals surface area contributed by atoms with Gasteiger partial charge in [0.15, 0.2) is 0 Å². The van der Waals surface area contributed by atoms with E-state index in [0.717, 1.165) is 18.6 Å². The number of aryl methyl sites for hydroxylation is 1. The van der Waals surface area contributed by atoms with Gasteiger partial charge >= 0.3 is 0 Å². The molecule has 0 radical (unpaired) electrons. The molecule has 0 bridgehead atoms. The highest BCUT2D eigenvalue weighted by Crippen LogP contribution is 2.06. The summed E-state index contributed by atoms with van der Waals surface area (Å²) in [6, 6.07) is 3.68. The number of nitrogens with one attached hydrogen (secondary N) is 1. The predicted molar refractivity (Wildman–Crippen MR) is 63.7 cm³/mol. The normalized spacial score (nSPS) is 13.9. The fraction of sp³-hybridized carbons (Fsp3) is 0.636. The van der Waals surface area contributed by atoms with E-state index in [-0.39, 0.29) is 11.8 Å². The maximum Gasteiger partial charge on any atom is 0.211 e. The van der Waals surface area contributed by atoms with Crippen molar-refractivity contribution in [2.45, 2.75) is 39.2 Å². The zero-order chi connectivity index (χ0) is 12.0. The van der Waals surface area contributed by atoms with Gasteiger partial charge in [-0.05, 0) is 31.9 Å². The summed E-state index contributed by atoms with van der Waals surface area (Å²) in [6.07, 6.45) is 3.76. The van der Waals surface area contributed by atoms with E-state index in [0.29, 0.717) is 6.42 Å². The third kappa shape index (κ3) is 4.81. The molecular weight excluding hydrogens is 226 g/mol. The molecule has 16 heavy (non-hydrogen) atoms. The van der Waals surface area contributed by atoms with E-state index >= 15 is 0 Å². The van der Waals surface area contributed by atoms with Gasteiger partial charge in [-0.2, -0.15) is 0 Å². The van der Waals surface area contributed by atoms with E-state index in [4.69, 9.17) is 4.42 Å². The number of hydrogen-bond donors (Lipinski definition) is 1. The molecule has 0 aliphatic heterocycles. The largest absolute Gasteiger partial charge is 0.469 e. The van der Waals surface area contributed by atoms with Crippen molar-refractivity contribution in [2.75, 3.05) is 5.75 Å². The van der Waals surface area contributed by atoms with Crippen LogP contribution >= 0.6 is 0 Å². The highest BCUT2D eigenvalue weighted by atomic mass is 32.2. The van der Waals surface area contributed by atoms with E-state index in [2.05, 4.69) is 4.72 Å². The van der Waals surface area contributed by atoms with Gasteiger partial charge in [0.05, 0.1) is 12.0 Å². The Hall–Kier alpha value is -0.810. The molecule has 4 nitrogen and oxygen atoms in total. The van der Waals surface area contributed by atoms with Crippen molar-refractivity contribution < 1.29 is 12.8 Å². The number of rotatable bonds is 7. The summed E-state index contributed by atoms with van der Waals surface area (Å²) in [4.78, 5) is 0. The molecule has 1 heterocycles.